The zero-order chi connectivity index (χ0) is 15.6. The average molecular weight is 318 g/mol. The van der Waals surface area contributed by atoms with Gasteiger partial charge in [-0.05, 0) is 30.5 Å². The van der Waals surface area contributed by atoms with Gasteiger partial charge in [0.2, 0.25) is 6.79 Å². The van der Waals surface area contributed by atoms with Gasteiger partial charge in [-0.15, -0.1) is 0 Å². The number of piperazine rings is 1. The summed E-state index contributed by atoms with van der Waals surface area (Å²) in [6.45, 7) is 5.26. The molecule has 2 saturated heterocycles. The van der Waals surface area contributed by atoms with Gasteiger partial charge in [0.15, 0.2) is 11.5 Å². The van der Waals surface area contributed by atoms with Crippen LogP contribution in [0.1, 0.15) is 18.4 Å². The molecular formula is C17H22N2O4. The number of hydrogen-bond acceptors (Lipinski definition) is 5. The van der Waals surface area contributed by atoms with Crippen molar-refractivity contribution >= 4 is 5.91 Å². The molecule has 124 valence electrons. The maximum atomic E-state index is 12.3. The molecule has 3 aliphatic rings. The molecule has 1 aromatic carbocycles. The lowest BCUT2D eigenvalue weighted by molar-refractivity contribution is -0.142. The molecule has 0 aromatic heterocycles. The molecule has 1 aromatic rings. The van der Waals surface area contributed by atoms with Crippen LogP contribution in [-0.2, 0) is 16.1 Å². The molecule has 6 heteroatoms. The summed E-state index contributed by atoms with van der Waals surface area (Å²) < 4.78 is 16.3. The smallest absolute Gasteiger partial charge is 0.251 e. The molecule has 0 saturated carbocycles. The Morgan fingerprint density at radius 3 is 2.74 bits per heavy atom. The van der Waals surface area contributed by atoms with Crippen LogP contribution >= 0.6 is 0 Å². The number of carbonyl (C=O) groups excluding carboxylic acids is 1. The Kier molecular flexibility index (Phi) is 4.10. The van der Waals surface area contributed by atoms with Gasteiger partial charge in [-0.3, -0.25) is 9.69 Å². The van der Waals surface area contributed by atoms with Crippen LogP contribution in [0.3, 0.4) is 0 Å². The molecule has 0 radical (unpaired) electrons. The number of rotatable bonds is 3. The van der Waals surface area contributed by atoms with Crippen molar-refractivity contribution in [3.8, 4) is 11.5 Å². The Morgan fingerprint density at radius 2 is 1.96 bits per heavy atom. The van der Waals surface area contributed by atoms with Crippen molar-refractivity contribution in [2.45, 2.75) is 25.5 Å². The van der Waals surface area contributed by atoms with Crippen molar-refractivity contribution in [2.24, 2.45) is 0 Å². The van der Waals surface area contributed by atoms with Crippen molar-refractivity contribution in [1.29, 1.82) is 0 Å². The molecule has 1 atom stereocenters. The van der Waals surface area contributed by atoms with Crippen LogP contribution < -0.4 is 9.47 Å². The maximum absolute atomic E-state index is 12.3. The highest BCUT2D eigenvalue weighted by Crippen LogP contribution is 2.32. The Labute approximate surface area is 135 Å². The Balaban J connectivity index is 1.30. The van der Waals surface area contributed by atoms with Gasteiger partial charge in [0, 0.05) is 39.3 Å². The van der Waals surface area contributed by atoms with Gasteiger partial charge in [-0.25, -0.2) is 0 Å². The SMILES string of the molecule is O=C([C@H]1CCCO1)N1CCN(Cc2ccc3c(c2)OCO3)CC1. The van der Waals surface area contributed by atoms with Gasteiger partial charge in [0.05, 0.1) is 0 Å². The molecule has 0 N–H and O–H groups in total. The van der Waals surface area contributed by atoms with Crippen molar-refractivity contribution in [3.05, 3.63) is 23.8 Å². The second-order valence-corrected chi connectivity index (χ2v) is 6.29. The van der Waals surface area contributed by atoms with Crippen LogP contribution in [0.5, 0.6) is 11.5 Å². The first kappa shape index (κ1) is 14.8. The van der Waals surface area contributed by atoms with E-state index in [4.69, 9.17) is 14.2 Å². The number of nitrogens with zero attached hydrogens (tertiary/aromatic N) is 2. The normalized spacial score (nSPS) is 24.2. The summed E-state index contributed by atoms with van der Waals surface area (Å²) in [6, 6.07) is 6.10. The highest BCUT2D eigenvalue weighted by atomic mass is 16.7. The lowest BCUT2D eigenvalue weighted by Crippen LogP contribution is -2.51. The van der Waals surface area contributed by atoms with E-state index in [2.05, 4.69) is 11.0 Å². The van der Waals surface area contributed by atoms with Gasteiger partial charge in [-0.1, -0.05) is 6.07 Å². The quantitative estimate of drug-likeness (QED) is 0.839. The van der Waals surface area contributed by atoms with Gasteiger partial charge in [0.25, 0.3) is 5.91 Å². The van der Waals surface area contributed by atoms with Crippen molar-refractivity contribution in [3.63, 3.8) is 0 Å². The molecule has 4 rings (SSSR count). The Bertz CT molecular complexity index is 578. The summed E-state index contributed by atoms with van der Waals surface area (Å²) in [7, 11) is 0. The van der Waals surface area contributed by atoms with E-state index >= 15 is 0 Å². The summed E-state index contributed by atoms with van der Waals surface area (Å²) in [5.74, 6) is 1.82. The molecule has 0 aliphatic carbocycles. The largest absolute Gasteiger partial charge is 0.454 e. The minimum absolute atomic E-state index is 0.172. The topological polar surface area (TPSA) is 51.2 Å². The average Bonchev–Trinajstić information content (AvgIpc) is 3.26. The van der Waals surface area contributed by atoms with Gasteiger partial charge in [0.1, 0.15) is 6.10 Å². The maximum Gasteiger partial charge on any atom is 0.251 e. The lowest BCUT2D eigenvalue weighted by Gasteiger charge is -2.35. The van der Waals surface area contributed by atoms with Crippen LogP contribution in [0.2, 0.25) is 0 Å². The van der Waals surface area contributed by atoms with Crippen molar-refractivity contribution < 1.29 is 19.0 Å². The van der Waals surface area contributed by atoms with Gasteiger partial charge in [-0.2, -0.15) is 0 Å². The predicted octanol–water partition coefficient (Wildman–Crippen LogP) is 1.24. The Hall–Kier alpha value is -1.79. The van der Waals surface area contributed by atoms with E-state index in [0.29, 0.717) is 6.79 Å². The molecule has 0 unspecified atom stereocenters. The predicted molar refractivity (Wildman–Crippen MR) is 83.4 cm³/mol. The van der Waals surface area contributed by atoms with Gasteiger partial charge < -0.3 is 19.1 Å². The van der Waals surface area contributed by atoms with E-state index in [9.17, 15) is 4.79 Å². The van der Waals surface area contributed by atoms with Crippen LogP contribution in [0, 0.1) is 0 Å². The number of benzene rings is 1. The first-order chi connectivity index (χ1) is 11.3. The lowest BCUT2D eigenvalue weighted by atomic mass is 10.1. The minimum Gasteiger partial charge on any atom is -0.454 e. The molecule has 6 nitrogen and oxygen atoms in total. The van der Waals surface area contributed by atoms with Gasteiger partial charge >= 0.3 is 0 Å². The van der Waals surface area contributed by atoms with E-state index in [1.165, 1.54) is 5.56 Å². The number of amides is 1. The third kappa shape index (κ3) is 3.14. The molecular weight excluding hydrogens is 296 g/mol. The molecule has 3 heterocycles. The Morgan fingerprint density at radius 1 is 1.13 bits per heavy atom. The standard InChI is InChI=1S/C17H22N2O4/c20-17(15-2-1-9-21-15)19-7-5-18(6-8-19)11-13-3-4-14-16(10-13)23-12-22-14/h3-4,10,15H,1-2,5-9,11-12H2/t15-/m1/s1. The summed E-state index contributed by atoms with van der Waals surface area (Å²) in [6.07, 6.45) is 1.67. The first-order valence-corrected chi connectivity index (χ1v) is 8.31. The first-order valence-electron chi connectivity index (χ1n) is 8.31. The van der Waals surface area contributed by atoms with E-state index in [-0.39, 0.29) is 12.0 Å². The second kappa shape index (κ2) is 6.37. The molecule has 23 heavy (non-hydrogen) atoms. The molecule has 0 spiro atoms. The fourth-order valence-corrected chi connectivity index (χ4v) is 3.40. The van der Waals surface area contributed by atoms with Crippen LogP contribution in [0.15, 0.2) is 18.2 Å². The molecule has 3 aliphatic heterocycles. The van der Waals surface area contributed by atoms with Crippen LogP contribution in [0.4, 0.5) is 0 Å². The van der Waals surface area contributed by atoms with Crippen molar-refractivity contribution in [2.75, 3.05) is 39.6 Å². The fraction of sp³-hybridized carbons (Fsp3) is 0.588. The highest BCUT2D eigenvalue weighted by molar-refractivity contribution is 5.81. The monoisotopic (exact) mass is 318 g/mol. The molecule has 0 bridgehead atoms. The second-order valence-electron chi connectivity index (χ2n) is 6.29. The van der Waals surface area contributed by atoms with Crippen molar-refractivity contribution in [1.82, 2.24) is 9.80 Å². The third-order valence-electron chi connectivity index (χ3n) is 4.73. The summed E-state index contributed by atoms with van der Waals surface area (Å²) >= 11 is 0. The number of fused-ring (bicyclic) bond motifs is 1. The summed E-state index contributed by atoms with van der Waals surface area (Å²) in [4.78, 5) is 16.7. The fourth-order valence-electron chi connectivity index (χ4n) is 3.40. The van der Waals surface area contributed by atoms with Crippen LogP contribution in [-0.4, -0.2) is 61.4 Å². The molecule has 2 fully saturated rings. The zero-order valence-corrected chi connectivity index (χ0v) is 13.2. The van der Waals surface area contributed by atoms with E-state index in [0.717, 1.165) is 63.7 Å². The number of hydrogen-bond donors (Lipinski definition) is 0. The van der Waals surface area contributed by atoms with E-state index < -0.39 is 0 Å². The summed E-state index contributed by atoms with van der Waals surface area (Å²) in [5, 5.41) is 0. The van der Waals surface area contributed by atoms with E-state index in [1.54, 1.807) is 0 Å². The van der Waals surface area contributed by atoms with E-state index in [1.807, 2.05) is 17.0 Å². The van der Waals surface area contributed by atoms with Crippen LogP contribution in [0.25, 0.3) is 0 Å². The summed E-state index contributed by atoms with van der Waals surface area (Å²) in [5.41, 5.74) is 1.22. The molecule has 1 amide bonds. The third-order valence-corrected chi connectivity index (χ3v) is 4.73. The highest BCUT2D eigenvalue weighted by Gasteiger charge is 2.30. The zero-order valence-electron chi connectivity index (χ0n) is 13.2. The number of carbonyl (C=O) groups is 1. The minimum atomic E-state index is -0.199. The number of ether oxygens (including phenoxy) is 3.